The first-order valence-electron chi connectivity index (χ1n) is 21.3. The van der Waals surface area contributed by atoms with Gasteiger partial charge in [0, 0.05) is 0 Å². The average molecular weight is 816 g/mol. The van der Waals surface area contributed by atoms with Gasteiger partial charge in [0.15, 0.2) is 0 Å². The molecular weight excluding hydrogens is 752 g/mol. The van der Waals surface area contributed by atoms with Gasteiger partial charge in [-0.15, -0.1) is 0 Å². The summed E-state index contributed by atoms with van der Waals surface area (Å²) in [6, 6.07) is 33.8. The Labute approximate surface area is 347 Å². The predicted molar refractivity (Wildman–Crippen MR) is 240 cm³/mol. The van der Waals surface area contributed by atoms with E-state index in [1.54, 1.807) is 17.6 Å². The molecule has 0 saturated heterocycles. The number of rotatable bonds is 5. The van der Waals surface area contributed by atoms with Crippen LogP contribution in [-0.4, -0.2) is 3.21 Å². The van der Waals surface area contributed by atoms with Crippen LogP contribution in [0.15, 0.2) is 118 Å². The van der Waals surface area contributed by atoms with Crippen molar-refractivity contribution in [2.45, 2.75) is 118 Å². The Morgan fingerprint density at radius 3 is 1.38 bits per heavy atom. The molecule has 0 radical (unpaired) electrons. The number of hydrogen-bond donors (Lipinski definition) is 0. The zero-order valence-corrected chi connectivity index (χ0v) is 39.2. The molecule has 0 bridgehead atoms. The fourth-order valence-corrected chi connectivity index (χ4v) is 20.0. The van der Waals surface area contributed by atoms with Gasteiger partial charge in [0.05, 0.1) is 0 Å². The molecule has 0 amide bonds. The molecular formula is C55H64Zr. The van der Waals surface area contributed by atoms with Gasteiger partial charge in [-0.2, -0.15) is 0 Å². The van der Waals surface area contributed by atoms with Crippen molar-refractivity contribution >= 4 is 14.4 Å². The summed E-state index contributed by atoms with van der Waals surface area (Å²) in [6.07, 6.45) is 11.7. The van der Waals surface area contributed by atoms with E-state index in [4.69, 9.17) is 0 Å². The molecule has 4 aromatic carbocycles. The van der Waals surface area contributed by atoms with Crippen molar-refractivity contribution in [3.8, 4) is 11.1 Å². The minimum absolute atomic E-state index is 0.0351. The summed E-state index contributed by atoms with van der Waals surface area (Å²) in [5.74, 6) is 0.452. The van der Waals surface area contributed by atoms with Crippen LogP contribution in [0.3, 0.4) is 0 Å². The number of benzene rings is 4. The number of fused-ring (bicyclic) bond motifs is 5. The zero-order valence-electron chi connectivity index (χ0n) is 36.8. The van der Waals surface area contributed by atoms with Gasteiger partial charge in [0.25, 0.3) is 0 Å². The summed E-state index contributed by atoms with van der Waals surface area (Å²) in [4.78, 5) is 0. The van der Waals surface area contributed by atoms with Crippen molar-refractivity contribution in [2.24, 2.45) is 22.2 Å². The molecule has 4 aliphatic rings. The normalized spacial score (nSPS) is 19.4. The van der Waals surface area contributed by atoms with E-state index in [0.717, 1.165) is 6.42 Å². The van der Waals surface area contributed by atoms with Gasteiger partial charge in [-0.25, -0.2) is 0 Å². The Morgan fingerprint density at radius 2 is 1.00 bits per heavy atom. The predicted octanol–water partition coefficient (Wildman–Crippen LogP) is 15.0. The summed E-state index contributed by atoms with van der Waals surface area (Å²) in [5, 5.41) is 0. The molecule has 0 N–H and O–H groups in total. The van der Waals surface area contributed by atoms with Crippen LogP contribution in [0.1, 0.15) is 151 Å². The van der Waals surface area contributed by atoms with Crippen LogP contribution in [0, 0.1) is 22.2 Å². The third kappa shape index (κ3) is 6.48. The fourth-order valence-electron chi connectivity index (χ4n) is 10.3. The van der Waals surface area contributed by atoms with E-state index in [9.17, 15) is 0 Å². The molecule has 0 spiro atoms. The van der Waals surface area contributed by atoms with Crippen LogP contribution in [-0.2, 0) is 32.1 Å². The van der Waals surface area contributed by atoms with Gasteiger partial charge in [0.2, 0.25) is 0 Å². The number of allylic oxidation sites excluding steroid dienone is 8. The van der Waals surface area contributed by atoms with E-state index < -0.39 is 21.3 Å². The van der Waals surface area contributed by atoms with Crippen molar-refractivity contribution in [1.82, 2.24) is 0 Å². The Hall–Kier alpha value is -3.41. The van der Waals surface area contributed by atoms with Gasteiger partial charge >= 0.3 is 349 Å². The Morgan fingerprint density at radius 1 is 0.571 bits per heavy atom. The molecule has 0 saturated carbocycles. The van der Waals surface area contributed by atoms with Gasteiger partial charge < -0.3 is 0 Å². The molecule has 1 atom stereocenters. The molecule has 4 aliphatic carbocycles. The second-order valence-corrected chi connectivity index (χ2v) is 27.6. The molecule has 0 nitrogen and oxygen atoms in total. The van der Waals surface area contributed by atoms with Gasteiger partial charge in [-0.05, 0) is 0 Å². The first kappa shape index (κ1) is 39.4. The maximum absolute atomic E-state index is 3.04. The van der Waals surface area contributed by atoms with E-state index in [2.05, 4.69) is 206 Å². The molecule has 8 rings (SSSR count). The average Bonchev–Trinajstić information content (AvgIpc) is 3.84. The number of hydrogen-bond acceptors (Lipinski definition) is 0. The summed E-state index contributed by atoms with van der Waals surface area (Å²) in [7, 11) is 0. The van der Waals surface area contributed by atoms with Crippen LogP contribution in [0.4, 0.5) is 0 Å². The molecule has 0 fully saturated rings. The minimum atomic E-state index is -3.04. The quantitative estimate of drug-likeness (QED) is 0.188. The third-order valence-electron chi connectivity index (χ3n) is 13.3. The first-order chi connectivity index (χ1) is 26.1. The van der Waals surface area contributed by atoms with Crippen LogP contribution in [0.2, 0.25) is 0 Å². The van der Waals surface area contributed by atoms with Crippen LogP contribution in [0.25, 0.3) is 22.3 Å². The van der Waals surface area contributed by atoms with E-state index in [0.29, 0.717) is 9.54 Å². The van der Waals surface area contributed by atoms with Gasteiger partial charge in [-0.3, -0.25) is 0 Å². The molecule has 288 valence electrons. The maximum atomic E-state index is 2.73. The van der Waals surface area contributed by atoms with Crippen molar-refractivity contribution in [3.63, 3.8) is 0 Å². The summed E-state index contributed by atoms with van der Waals surface area (Å²) < 4.78 is 3.73. The summed E-state index contributed by atoms with van der Waals surface area (Å²) in [5.41, 5.74) is 19.5. The van der Waals surface area contributed by atoms with Crippen LogP contribution >= 0.6 is 0 Å². The third-order valence-corrected chi connectivity index (χ3v) is 21.8. The van der Waals surface area contributed by atoms with Gasteiger partial charge in [0.1, 0.15) is 0 Å². The second-order valence-electron chi connectivity index (χ2n) is 21.5. The SMILES string of the molecule is CCC1C=C(C(C)(C)C)C=[C]1[Zr](=[C](c1ccccc1)c1ccccc1)[CH]1c2cc3c(cc2-c2cc4c(cc21)C(C)(C)C=C4C(C)(C)C)C(C(C)(C)C)=CC3(C)C. The van der Waals surface area contributed by atoms with E-state index in [-0.39, 0.29) is 27.1 Å². The fraction of sp³-hybridized carbons (Fsp3) is 0.400. The summed E-state index contributed by atoms with van der Waals surface area (Å²) in [6.45, 7) is 33.8. The zero-order chi connectivity index (χ0) is 40.3. The molecule has 1 heteroatoms. The van der Waals surface area contributed by atoms with Crippen molar-refractivity contribution in [2.75, 3.05) is 0 Å². The Balaban J connectivity index is 1.54. The molecule has 0 heterocycles. The Bertz CT molecular complexity index is 2280. The molecule has 4 aromatic rings. The second kappa shape index (κ2) is 13.3. The van der Waals surface area contributed by atoms with Crippen molar-refractivity contribution in [1.29, 1.82) is 0 Å². The molecule has 0 aliphatic heterocycles. The van der Waals surface area contributed by atoms with Crippen LogP contribution < -0.4 is 0 Å². The van der Waals surface area contributed by atoms with Crippen LogP contribution in [0.5, 0.6) is 0 Å². The molecule has 0 aromatic heterocycles. The monoisotopic (exact) mass is 814 g/mol. The van der Waals surface area contributed by atoms with E-state index >= 15 is 0 Å². The molecule has 1 unspecified atom stereocenters. The molecule has 56 heavy (non-hydrogen) atoms. The van der Waals surface area contributed by atoms with E-state index in [1.165, 1.54) is 61.2 Å². The first-order valence-corrected chi connectivity index (χ1v) is 25.1. The van der Waals surface area contributed by atoms with E-state index in [1.807, 2.05) is 0 Å². The van der Waals surface area contributed by atoms with Crippen molar-refractivity contribution < 1.29 is 21.3 Å². The van der Waals surface area contributed by atoms with Gasteiger partial charge in [-0.1, -0.05) is 0 Å². The standard InChI is InChI=1S/C31H37.C13H10.C11H17.Zr/c1-28(2,3)26-16-30(7,8)24-12-18-11-19-13-25-23(15-21(19)20(18)14-22(24)26)27(29(4,5)6)17-31(25,9)10;1-3-7-12(8-4-1)11-13-9-5-2-6-10-13;1-5-9-6-7-10(8-9)11(2,3)4;/h11-17H,1-10H3;1-10H;7-9H,5H2,1-4H3;. The summed E-state index contributed by atoms with van der Waals surface area (Å²) >= 11 is -3.04. The topological polar surface area (TPSA) is 0 Å². The van der Waals surface area contributed by atoms with Crippen molar-refractivity contribution in [3.05, 3.63) is 163 Å². The Kier molecular flexibility index (Phi) is 9.37.